The van der Waals surface area contributed by atoms with E-state index < -0.39 is 41.2 Å². The van der Waals surface area contributed by atoms with E-state index >= 15 is 0 Å². The van der Waals surface area contributed by atoms with Crippen LogP contribution in [0, 0.1) is 23.2 Å². The monoisotopic (exact) mass is 591 g/mol. The smallest absolute Gasteiger partial charge is 0.249 e. The summed E-state index contributed by atoms with van der Waals surface area (Å²) >= 11 is 0. The molecule has 234 valence electrons. The lowest BCUT2D eigenvalue weighted by Gasteiger charge is -2.45. The third kappa shape index (κ3) is 5.68. The highest BCUT2D eigenvalue weighted by Gasteiger charge is 2.72. The molecule has 8 nitrogen and oxygen atoms in total. The van der Waals surface area contributed by atoms with Gasteiger partial charge in [-0.25, -0.2) is 0 Å². The van der Waals surface area contributed by atoms with Gasteiger partial charge in [-0.3, -0.25) is 14.4 Å². The van der Waals surface area contributed by atoms with Crippen molar-refractivity contribution in [2.75, 3.05) is 19.7 Å². The topological polar surface area (TPSA) is 90.4 Å². The van der Waals surface area contributed by atoms with Gasteiger partial charge < -0.3 is 24.5 Å². The van der Waals surface area contributed by atoms with Crippen LogP contribution in [0.2, 0.25) is 0 Å². The molecule has 6 atom stereocenters. The summed E-state index contributed by atoms with van der Waals surface area (Å²) in [7, 11) is 0. The van der Waals surface area contributed by atoms with Crippen LogP contribution in [0.5, 0.6) is 0 Å². The number of aliphatic hydroxyl groups excluding tert-OH is 1. The summed E-state index contributed by atoms with van der Waals surface area (Å²) in [5.74, 6) is -2.08. The van der Waals surface area contributed by atoms with E-state index in [4.69, 9.17) is 4.74 Å². The Bertz CT molecular complexity index is 1280. The van der Waals surface area contributed by atoms with Crippen LogP contribution in [0.1, 0.15) is 66.9 Å². The van der Waals surface area contributed by atoms with Crippen molar-refractivity contribution in [2.45, 2.75) is 97.2 Å². The molecule has 0 radical (unpaired) electrons. The van der Waals surface area contributed by atoms with Crippen molar-refractivity contribution in [3.63, 3.8) is 0 Å². The molecule has 2 saturated heterocycles. The molecule has 2 fully saturated rings. The van der Waals surface area contributed by atoms with Gasteiger partial charge in [-0.1, -0.05) is 89.3 Å². The van der Waals surface area contributed by atoms with Crippen molar-refractivity contribution >= 4 is 17.7 Å². The van der Waals surface area contributed by atoms with E-state index in [0.29, 0.717) is 26.1 Å². The normalized spacial score (nSPS) is 30.0. The number of hydrogen-bond acceptors (Lipinski definition) is 5. The summed E-state index contributed by atoms with van der Waals surface area (Å²) in [4.78, 5) is 49.1. The lowest BCUT2D eigenvalue weighted by atomic mass is 9.77. The van der Waals surface area contributed by atoms with Gasteiger partial charge in [0.05, 0.1) is 30.6 Å². The predicted octanol–water partition coefficient (Wildman–Crippen LogP) is 4.19. The quantitative estimate of drug-likeness (QED) is 0.458. The van der Waals surface area contributed by atoms with Crippen molar-refractivity contribution in [1.29, 1.82) is 0 Å². The summed E-state index contributed by atoms with van der Waals surface area (Å²) in [5.41, 5.74) is -0.842. The van der Waals surface area contributed by atoms with E-state index in [2.05, 4.69) is 34.6 Å². The summed E-state index contributed by atoms with van der Waals surface area (Å²) in [6.45, 7) is 15.7. The molecule has 1 aromatic rings. The molecule has 43 heavy (non-hydrogen) atoms. The Labute approximate surface area is 256 Å². The molecule has 4 aliphatic heterocycles. The summed E-state index contributed by atoms with van der Waals surface area (Å²) in [6, 6.07) is 8.28. The second-order valence-corrected chi connectivity index (χ2v) is 15.1. The zero-order valence-corrected chi connectivity index (χ0v) is 26.8. The van der Waals surface area contributed by atoms with Crippen LogP contribution in [0.15, 0.2) is 54.6 Å². The molecular formula is C35H49N3O5. The van der Waals surface area contributed by atoms with Crippen LogP contribution in [0.3, 0.4) is 0 Å². The van der Waals surface area contributed by atoms with Gasteiger partial charge in [0.15, 0.2) is 0 Å². The van der Waals surface area contributed by atoms with Gasteiger partial charge in [-0.05, 0) is 43.6 Å². The van der Waals surface area contributed by atoms with E-state index in [1.807, 2.05) is 73.4 Å². The van der Waals surface area contributed by atoms with Gasteiger partial charge in [-0.2, -0.15) is 0 Å². The molecule has 1 unspecified atom stereocenters. The fourth-order valence-corrected chi connectivity index (χ4v) is 8.23. The molecule has 0 bridgehead atoms. The predicted molar refractivity (Wildman–Crippen MR) is 166 cm³/mol. The maximum Gasteiger partial charge on any atom is 0.249 e. The number of likely N-dealkylation sites (tertiary alicyclic amines) is 1. The molecule has 0 aliphatic carbocycles. The van der Waals surface area contributed by atoms with Crippen molar-refractivity contribution in [2.24, 2.45) is 23.2 Å². The number of carbonyl (C=O) groups excluding carboxylic acids is 3. The minimum absolute atomic E-state index is 0.0348. The van der Waals surface area contributed by atoms with Crippen LogP contribution in [0.4, 0.5) is 0 Å². The highest BCUT2D eigenvalue weighted by atomic mass is 16.5. The van der Waals surface area contributed by atoms with Gasteiger partial charge in [0, 0.05) is 25.2 Å². The molecule has 1 aromatic carbocycles. The SMILES string of the molecule is CC(C)C[C@H](CO)N1C(=O)[C@@H]2[C@H]3C(=O)N(Cc4ccccc4)CC=C[C@H]3O[C@@]23C=CCN(C(C)(C)CC(C)(C)C)C(=O)C13. The van der Waals surface area contributed by atoms with Gasteiger partial charge in [0.25, 0.3) is 0 Å². The number of ether oxygens (including phenoxy) is 1. The molecule has 5 rings (SSSR count). The molecule has 0 aromatic heterocycles. The Hall–Kier alpha value is -2.97. The first-order valence-corrected chi connectivity index (χ1v) is 15.8. The van der Waals surface area contributed by atoms with Crippen LogP contribution >= 0.6 is 0 Å². The van der Waals surface area contributed by atoms with E-state index in [0.717, 1.165) is 12.0 Å². The fourth-order valence-electron chi connectivity index (χ4n) is 8.23. The maximum atomic E-state index is 14.8. The van der Waals surface area contributed by atoms with E-state index in [1.165, 1.54) is 0 Å². The highest BCUT2D eigenvalue weighted by Crippen LogP contribution is 2.54. The lowest BCUT2D eigenvalue weighted by molar-refractivity contribution is -0.155. The largest absolute Gasteiger partial charge is 0.394 e. The van der Waals surface area contributed by atoms with E-state index in [1.54, 1.807) is 9.80 Å². The Morgan fingerprint density at radius 3 is 2.30 bits per heavy atom. The summed E-state index contributed by atoms with van der Waals surface area (Å²) in [5, 5.41) is 10.6. The van der Waals surface area contributed by atoms with Gasteiger partial charge in [0.1, 0.15) is 11.6 Å². The lowest BCUT2D eigenvalue weighted by Crippen LogP contribution is -2.61. The first kappa shape index (κ1) is 31.5. The van der Waals surface area contributed by atoms with Crippen molar-refractivity contribution in [3.05, 3.63) is 60.2 Å². The minimum atomic E-state index is -1.31. The fraction of sp³-hybridized carbons (Fsp3) is 0.629. The second-order valence-electron chi connectivity index (χ2n) is 15.1. The first-order chi connectivity index (χ1) is 20.2. The Morgan fingerprint density at radius 1 is 0.977 bits per heavy atom. The standard InChI is InChI=1S/C35H49N3O5/c1-23(2)19-25(21-39)38-29-32(42)37(34(6,7)22-33(3,4)5)18-12-16-35(29)28(31(38)41)27-26(43-35)15-11-17-36(30(27)40)20-24-13-9-8-10-14-24/h8-16,23,25-29,39H,17-22H2,1-7H3/t25-,26-,27+,28+,29?,35+/m1/s1. The van der Waals surface area contributed by atoms with Crippen LogP contribution in [-0.4, -0.2) is 86.6 Å². The second kappa shape index (κ2) is 11.5. The molecule has 1 spiro atoms. The van der Waals surface area contributed by atoms with Gasteiger partial charge in [-0.15, -0.1) is 0 Å². The maximum absolute atomic E-state index is 14.8. The third-order valence-corrected chi connectivity index (χ3v) is 9.44. The van der Waals surface area contributed by atoms with E-state index in [-0.39, 0.29) is 35.7 Å². The number of carbonyl (C=O) groups is 3. The number of rotatable bonds is 8. The summed E-state index contributed by atoms with van der Waals surface area (Å²) in [6.07, 6.45) is 8.35. The molecule has 8 heteroatoms. The molecule has 4 heterocycles. The van der Waals surface area contributed by atoms with Gasteiger partial charge >= 0.3 is 0 Å². The Morgan fingerprint density at radius 2 is 1.67 bits per heavy atom. The van der Waals surface area contributed by atoms with Crippen molar-refractivity contribution < 1.29 is 24.2 Å². The number of hydrogen-bond donors (Lipinski definition) is 1. The Balaban J connectivity index is 1.59. The van der Waals surface area contributed by atoms with Crippen LogP contribution in [0.25, 0.3) is 0 Å². The first-order valence-electron chi connectivity index (χ1n) is 15.8. The third-order valence-electron chi connectivity index (χ3n) is 9.44. The Kier molecular flexibility index (Phi) is 8.42. The molecule has 3 amide bonds. The minimum Gasteiger partial charge on any atom is -0.394 e. The average Bonchev–Trinajstić information content (AvgIpc) is 3.23. The zero-order valence-electron chi connectivity index (χ0n) is 26.8. The van der Waals surface area contributed by atoms with E-state index in [9.17, 15) is 19.5 Å². The molecule has 0 saturated carbocycles. The number of nitrogens with zero attached hydrogens (tertiary/aromatic N) is 3. The molecule has 4 aliphatic rings. The van der Waals surface area contributed by atoms with Gasteiger partial charge in [0.2, 0.25) is 17.7 Å². The number of amides is 3. The molecular weight excluding hydrogens is 542 g/mol. The van der Waals surface area contributed by atoms with Crippen molar-refractivity contribution in [1.82, 2.24) is 14.7 Å². The number of benzene rings is 1. The average molecular weight is 592 g/mol. The number of fused-ring (bicyclic) bond motifs is 2. The van der Waals surface area contributed by atoms with Crippen LogP contribution < -0.4 is 0 Å². The summed E-state index contributed by atoms with van der Waals surface area (Å²) < 4.78 is 6.83. The highest BCUT2D eigenvalue weighted by molar-refractivity contribution is 6.00. The number of aliphatic hydroxyl groups is 1. The van der Waals surface area contributed by atoms with Crippen LogP contribution in [-0.2, 0) is 25.7 Å². The zero-order chi connectivity index (χ0) is 31.3. The van der Waals surface area contributed by atoms with Crippen molar-refractivity contribution in [3.8, 4) is 0 Å². The molecule has 1 N–H and O–H groups in total.